The average Bonchev–Trinajstić information content (AvgIpc) is 2.90. The Hall–Kier alpha value is -3.36. The van der Waals surface area contributed by atoms with Gasteiger partial charge < -0.3 is 9.47 Å². The number of hydrazine groups is 1. The third kappa shape index (κ3) is 6.44. The molecule has 4 rings (SSSR count). The molecule has 8 heteroatoms. The lowest BCUT2D eigenvalue weighted by Crippen LogP contribution is -2.49. The molecular weight excluding hydrogens is 588 g/mol. The van der Waals surface area contributed by atoms with Gasteiger partial charge >= 0.3 is 0 Å². The number of ether oxygens (including phenoxy) is 2. The number of benzene rings is 4. The Bertz CT molecular complexity index is 1360. The first-order valence-corrected chi connectivity index (χ1v) is 12.9. The molecule has 6 nitrogen and oxygen atoms in total. The van der Waals surface area contributed by atoms with Crippen LogP contribution in [0.5, 0.6) is 11.5 Å². The summed E-state index contributed by atoms with van der Waals surface area (Å²) in [4.78, 5) is 24.8. The van der Waals surface area contributed by atoms with Crippen LogP contribution >= 0.6 is 31.9 Å². The standard InChI is InChI=1S/C28H24Br2N2O4/c1-2-24(36-22-12-8-19(9-13-22)18-6-4-3-5-7-18)28(34)32-31-26(33)17-35-25-15-10-20-16-21(29)11-14-23(20)27(25)30/h3-16,24H,2,17H2,1H3,(H,31,33)(H,32,34). The highest BCUT2D eigenvalue weighted by atomic mass is 79.9. The van der Waals surface area contributed by atoms with Crippen LogP contribution in [0.25, 0.3) is 21.9 Å². The number of amides is 2. The van der Waals surface area contributed by atoms with Crippen LogP contribution in [0.4, 0.5) is 0 Å². The normalized spacial score (nSPS) is 11.5. The number of carbonyl (C=O) groups is 2. The monoisotopic (exact) mass is 610 g/mol. The molecule has 4 aromatic carbocycles. The zero-order chi connectivity index (χ0) is 25.5. The van der Waals surface area contributed by atoms with E-state index in [0.717, 1.165) is 30.8 Å². The van der Waals surface area contributed by atoms with Gasteiger partial charge in [0.2, 0.25) is 0 Å². The van der Waals surface area contributed by atoms with E-state index in [9.17, 15) is 9.59 Å². The SMILES string of the molecule is CCC(Oc1ccc(-c2ccccc2)cc1)C(=O)NNC(=O)COc1ccc2cc(Br)ccc2c1Br. The summed E-state index contributed by atoms with van der Waals surface area (Å²) in [5.41, 5.74) is 6.95. The molecule has 4 aromatic rings. The predicted molar refractivity (Wildman–Crippen MR) is 148 cm³/mol. The minimum Gasteiger partial charge on any atom is -0.483 e. The van der Waals surface area contributed by atoms with Gasteiger partial charge in [-0.25, -0.2) is 0 Å². The Morgan fingerprint density at radius 3 is 2.31 bits per heavy atom. The molecule has 0 saturated heterocycles. The molecule has 1 unspecified atom stereocenters. The summed E-state index contributed by atoms with van der Waals surface area (Å²) >= 11 is 6.99. The molecule has 0 aliphatic carbocycles. The largest absolute Gasteiger partial charge is 0.483 e. The number of rotatable bonds is 8. The fraction of sp³-hybridized carbons (Fsp3) is 0.143. The Morgan fingerprint density at radius 1 is 0.861 bits per heavy atom. The van der Waals surface area contributed by atoms with Crippen LogP contribution in [0.3, 0.4) is 0 Å². The second-order valence-corrected chi connectivity index (χ2v) is 9.68. The van der Waals surface area contributed by atoms with Gasteiger partial charge in [0.1, 0.15) is 11.5 Å². The molecule has 184 valence electrons. The van der Waals surface area contributed by atoms with Gasteiger partial charge in [0, 0.05) is 4.47 Å². The number of hydrogen-bond acceptors (Lipinski definition) is 4. The van der Waals surface area contributed by atoms with E-state index < -0.39 is 17.9 Å². The lowest BCUT2D eigenvalue weighted by molar-refractivity contribution is -0.134. The van der Waals surface area contributed by atoms with Crippen LogP contribution < -0.4 is 20.3 Å². The zero-order valence-corrected chi connectivity index (χ0v) is 22.6. The summed E-state index contributed by atoms with van der Waals surface area (Å²) in [7, 11) is 0. The number of nitrogens with one attached hydrogen (secondary N) is 2. The van der Waals surface area contributed by atoms with Crippen LogP contribution in [0.1, 0.15) is 13.3 Å². The quantitative estimate of drug-likeness (QED) is 0.226. The maximum absolute atomic E-state index is 12.6. The van der Waals surface area contributed by atoms with E-state index in [2.05, 4.69) is 42.7 Å². The third-order valence-corrected chi connectivity index (χ3v) is 6.78. The maximum Gasteiger partial charge on any atom is 0.279 e. The summed E-state index contributed by atoms with van der Waals surface area (Å²) in [6, 6.07) is 27.1. The van der Waals surface area contributed by atoms with Gasteiger partial charge in [-0.3, -0.25) is 20.4 Å². The van der Waals surface area contributed by atoms with Crippen molar-refractivity contribution < 1.29 is 19.1 Å². The molecule has 0 radical (unpaired) electrons. The molecular formula is C28H24Br2N2O4. The molecule has 2 amide bonds. The minimum atomic E-state index is -0.761. The fourth-order valence-corrected chi connectivity index (χ4v) is 4.57. The van der Waals surface area contributed by atoms with E-state index in [1.807, 2.05) is 85.8 Å². The van der Waals surface area contributed by atoms with Crippen molar-refractivity contribution in [3.8, 4) is 22.6 Å². The molecule has 0 bridgehead atoms. The van der Waals surface area contributed by atoms with E-state index in [4.69, 9.17) is 9.47 Å². The zero-order valence-electron chi connectivity index (χ0n) is 19.5. The topological polar surface area (TPSA) is 76.7 Å². The van der Waals surface area contributed by atoms with Crippen LogP contribution in [-0.2, 0) is 9.59 Å². The predicted octanol–water partition coefficient (Wildman–Crippen LogP) is 6.42. The van der Waals surface area contributed by atoms with E-state index in [0.29, 0.717) is 17.9 Å². The molecule has 1 atom stereocenters. The lowest BCUT2D eigenvalue weighted by Gasteiger charge is -2.18. The summed E-state index contributed by atoms with van der Waals surface area (Å²) in [5, 5.41) is 1.99. The lowest BCUT2D eigenvalue weighted by atomic mass is 10.1. The van der Waals surface area contributed by atoms with Crippen molar-refractivity contribution in [3.05, 3.63) is 93.9 Å². The van der Waals surface area contributed by atoms with E-state index >= 15 is 0 Å². The van der Waals surface area contributed by atoms with E-state index in [1.165, 1.54) is 0 Å². The van der Waals surface area contributed by atoms with Crippen LogP contribution in [0.2, 0.25) is 0 Å². The van der Waals surface area contributed by atoms with Crippen molar-refractivity contribution in [3.63, 3.8) is 0 Å². The van der Waals surface area contributed by atoms with Crippen molar-refractivity contribution in [2.45, 2.75) is 19.4 Å². The van der Waals surface area contributed by atoms with Crippen molar-refractivity contribution in [2.75, 3.05) is 6.61 Å². The first kappa shape index (κ1) is 25.7. The van der Waals surface area contributed by atoms with E-state index in [1.54, 1.807) is 6.07 Å². The Labute approximate surface area is 226 Å². The molecule has 0 aliphatic rings. The third-order valence-electron chi connectivity index (χ3n) is 5.47. The molecule has 36 heavy (non-hydrogen) atoms. The molecule has 2 N–H and O–H groups in total. The molecule has 0 heterocycles. The maximum atomic E-state index is 12.6. The first-order chi connectivity index (χ1) is 17.4. The van der Waals surface area contributed by atoms with Gasteiger partial charge in [0.05, 0.1) is 4.47 Å². The highest BCUT2D eigenvalue weighted by Gasteiger charge is 2.19. The van der Waals surface area contributed by atoms with Gasteiger partial charge in [-0.1, -0.05) is 77.5 Å². The Balaban J connectivity index is 1.28. The Morgan fingerprint density at radius 2 is 1.58 bits per heavy atom. The van der Waals surface area contributed by atoms with Gasteiger partial charge in [0.15, 0.2) is 12.7 Å². The van der Waals surface area contributed by atoms with Gasteiger partial charge in [-0.05, 0) is 74.6 Å². The van der Waals surface area contributed by atoms with Gasteiger partial charge in [0.25, 0.3) is 11.8 Å². The van der Waals surface area contributed by atoms with Gasteiger partial charge in [-0.2, -0.15) is 0 Å². The van der Waals surface area contributed by atoms with Gasteiger partial charge in [-0.15, -0.1) is 0 Å². The van der Waals surface area contributed by atoms with Crippen LogP contribution in [0, 0.1) is 0 Å². The molecule has 0 fully saturated rings. The number of hydrogen-bond donors (Lipinski definition) is 2. The Kier molecular flexibility index (Phi) is 8.61. The molecule has 0 saturated carbocycles. The van der Waals surface area contributed by atoms with Crippen molar-refractivity contribution in [1.82, 2.24) is 10.9 Å². The fourth-order valence-electron chi connectivity index (χ4n) is 3.59. The van der Waals surface area contributed by atoms with Crippen LogP contribution in [0.15, 0.2) is 93.9 Å². The highest BCUT2D eigenvalue weighted by molar-refractivity contribution is 9.11. The first-order valence-electron chi connectivity index (χ1n) is 11.4. The van der Waals surface area contributed by atoms with Crippen LogP contribution in [-0.4, -0.2) is 24.5 Å². The molecule has 0 spiro atoms. The summed E-state index contributed by atoms with van der Waals surface area (Å²) < 4.78 is 13.2. The second-order valence-electron chi connectivity index (χ2n) is 7.97. The molecule has 0 aliphatic heterocycles. The van der Waals surface area contributed by atoms with Crippen molar-refractivity contribution in [2.24, 2.45) is 0 Å². The molecule has 0 aromatic heterocycles. The smallest absolute Gasteiger partial charge is 0.279 e. The minimum absolute atomic E-state index is 0.264. The number of halogens is 2. The number of carbonyl (C=O) groups excluding carboxylic acids is 2. The average molecular weight is 612 g/mol. The van der Waals surface area contributed by atoms with E-state index in [-0.39, 0.29) is 6.61 Å². The summed E-state index contributed by atoms with van der Waals surface area (Å²) in [5.74, 6) is 0.156. The summed E-state index contributed by atoms with van der Waals surface area (Å²) in [6.45, 7) is 1.57. The number of fused-ring (bicyclic) bond motifs is 1. The van der Waals surface area contributed by atoms with Crippen molar-refractivity contribution in [1.29, 1.82) is 0 Å². The second kappa shape index (κ2) is 12.1. The summed E-state index contributed by atoms with van der Waals surface area (Å²) in [6.07, 6.45) is -0.332. The van der Waals surface area contributed by atoms with Crippen molar-refractivity contribution >= 4 is 54.4 Å². The highest BCUT2D eigenvalue weighted by Crippen LogP contribution is 2.34.